The van der Waals surface area contributed by atoms with Crippen LogP contribution in [0.3, 0.4) is 0 Å². The maximum absolute atomic E-state index is 13.4. The predicted molar refractivity (Wildman–Crippen MR) is 84.3 cm³/mol. The fourth-order valence-corrected chi connectivity index (χ4v) is 3.12. The van der Waals surface area contributed by atoms with Crippen molar-refractivity contribution in [1.82, 2.24) is 19.7 Å². The molecule has 1 unspecified atom stereocenters. The van der Waals surface area contributed by atoms with Crippen molar-refractivity contribution in [1.29, 1.82) is 0 Å². The number of benzene rings is 1. The molecule has 0 saturated carbocycles. The highest BCUT2D eigenvalue weighted by molar-refractivity contribution is 5.94. The van der Waals surface area contributed by atoms with Crippen LogP contribution in [0, 0.1) is 11.7 Å². The summed E-state index contributed by atoms with van der Waals surface area (Å²) >= 11 is 0. The molecule has 5 nitrogen and oxygen atoms in total. The van der Waals surface area contributed by atoms with Crippen LogP contribution in [-0.4, -0.2) is 32.1 Å². The second kappa shape index (κ2) is 6.48. The van der Waals surface area contributed by atoms with Crippen molar-refractivity contribution in [3.05, 3.63) is 47.8 Å². The van der Waals surface area contributed by atoms with Gasteiger partial charge in [0.2, 0.25) is 0 Å². The minimum Gasteiger partial charge on any atom is -0.328 e. The van der Waals surface area contributed by atoms with Gasteiger partial charge in [-0.25, -0.2) is 4.39 Å². The molecule has 0 aliphatic carbocycles. The third-order valence-electron chi connectivity index (χ3n) is 4.09. The maximum Gasteiger partial charge on any atom is 0.254 e. The van der Waals surface area contributed by atoms with Gasteiger partial charge in [0.1, 0.15) is 12.1 Å². The minimum atomic E-state index is -0.394. The van der Waals surface area contributed by atoms with Gasteiger partial charge in [-0.15, -0.1) is 10.2 Å². The van der Waals surface area contributed by atoms with Crippen LogP contribution in [0.2, 0.25) is 0 Å². The fourth-order valence-electron chi connectivity index (χ4n) is 3.12. The molecule has 1 aromatic heterocycles. The highest BCUT2D eigenvalue weighted by Gasteiger charge is 2.33. The molecule has 2 heterocycles. The third-order valence-corrected chi connectivity index (χ3v) is 4.09. The lowest BCUT2D eigenvalue weighted by atomic mass is 10.1. The number of likely N-dealkylation sites (tertiary alicyclic amines) is 1. The zero-order valence-corrected chi connectivity index (χ0v) is 13.4. The number of amides is 1. The molecular formula is C17H21FN4O. The van der Waals surface area contributed by atoms with Gasteiger partial charge in [-0.2, -0.15) is 0 Å². The molecular weight excluding hydrogens is 295 g/mol. The van der Waals surface area contributed by atoms with Crippen LogP contribution < -0.4 is 0 Å². The van der Waals surface area contributed by atoms with Crippen molar-refractivity contribution < 1.29 is 9.18 Å². The Morgan fingerprint density at radius 1 is 1.43 bits per heavy atom. The summed E-state index contributed by atoms with van der Waals surface area (Å²) < 4.78 is 15.4. The monoisotopic (exact) mass is 316 g/mol. The maximum atomic E-state index is 13.4. The number of nitrogens with zero attached hydrogens (tertiary/aromatic N) is 4. The lowest BCUT2D eigenvalue weighted by Crippen LogP contribution is -2.32. The van der Waals surface area contributed by atoms with E-state index in [0.29, 0.717) is 18.0 Å². The second-order valence-electron chi connectivity index (χ2n) is 6.40. The molecule has 0 N–H and O–H groups in total. The lowest BCUT2D eigenvalue weighted by molar-refractivity contribution is 0.0726. The summed E-state index contributed by atoms with van der Waals surface area (Å²) in [6, 6.07) is 5.76. The summed E-state index contributed by atoms with van der Waals surface area (Å²) in [5, 5.41) is 8.26. The first-order chi connectivity index (χ1) is 11.1. The Hall–Kier alpha value is -2.24. The van der Waals surface area contributed by atoms with Gasteiger partial charge in [0.05, 0.1) is 6.04 Å². The van der Waals surface area contributed by atoms with Gasteiger partial charge in [-0.3, -0.25) is 4.79 Å². The molecule has 122 valence electrons. The van der Waals surface area contributed by atoms with Crippen LogP contribution in [0.5, 0.6) is 0 Å². The summed E-state index contributed by atoms with van der Waals surface area (Å²) in [5.74, 6) is 0.750. The Morgan fingerprint density at radius 2 is 2.26 bits per heavy atom. The van der Waals surface area contributed by atoms with Crippen LogP contribution in [0.1, 0.15) is 48.9 Å². The second-order valence-corrected chi connectivity index (χ2v) is 6.40. The van der Waals surface area contributed by atoms with Crippen LogP contribution >= 0.6 is 0 Å². The molecule has 0 radical (unpaired) electrons. The Kier molecular flexibility index (Phi) is 4.41. The highest BCUT2D eigenvalue weighted by Crippen LogP contribution is 2.32. The summed E-state index contributed by atoms with van der Waals surface area (Å²) in [4.78, 5) is 14.5. The molecule has 2 aromatic rings. The van der Waals surface area contributed by atoms with Crippen LogP contribution in [0.4, 0.5) is 4.39 Å². The van der Waals surface area contributed by atoms with Crippen LogP contribution in [0.25, 0.3) is 0 Å². The van der Waals surface area contributed by atoms with E-state index in [-0.39, 0.29) is 11.9 Å². The Balaban J connectivity index is 1.86. The van der Waals surface area contributed by atoms with E-state index in [2.05, 4.69) is 24.0 Å². The zero-order valence-electron chi connectivity index (χ0n) is 13.4. The number of carbonyl (C=O) groups is 1. The Labute approximate surface area is 135 Å². The summed E-state index contributed by atoms with van der Waals surface area (Å²) in [6.07, 6.45) is 3.50. The van der Waals surface area contributed by atoms with Gasteiger partial charge < -0.3 is 9.47 Å². The molecule has 3 rings (SSSR count). The van der Waals surface area contributed by atoms with E-state index in [9.17, 15) is 9.18 Å². The number of hydrogen-bond acceptors (Lipinski definition) is 3. The predicted octanol–water partition coefficient (Wildman–Crippen LogP) is 3.05. The first-order valence-electron chi connectivity index (χ1n) is 8.00. The van der Waals surface area contributed by atoms with Crippen molar-refractivity contribution in [2.24, 2.45) is 5.92 Å². The normalized spacial score (nSPS) is 17.9. The molecule has 1 atom stereocenters. The van der Waals surface area contributed by atoms with E-state index in [4.69, 9.17) is 0 Å². The average Bonchev–Trinajstić information content (AvgIpc) is 3.14. The molecule has 0 bridgehead atoms. The van der Waals surface area contributed by atoms with E-state index in [1.165, 1.54) is 12.1 Å². The van der Waals surface area contributed by atoms with Crippen molar-refractivity contribution in [2.75, 3.05) is 6.54 Å². The van der Waals surface area contributed by atoms with Crippen LogP contribution in [0.15, 0.2) is 30.6 Å². The molecule has 1 fully saturated rings. The van der Waals surface area contributed by atoms with Crippen molar-refractivity contribution in [3.8, 4) is 0 Å². The first kappa shape index (κ1) is 15.6. The molecule has 1 amide bonds. The van der Waals surface area contributed by atoms with Gasteiger partial charge in [-0.05, 0) is 37.0 Å². The molecule has 1 saturated heterocycles. The number of halogens is 1. The van der Waals surface area contributed by atoms with Gasteiger partial charge in [0.25, 0.3) is 5.91 Å². The van der Waals surface area contributed by atoms with Gasteiger partial charge >= 0.3 is 0 Å². The van der Waals surface area contributed by atoms with Gasteiger partial charge in [0, 0.05) is 18.7 Å². The number of rotatable bonds is 4. The first-order valence-corrected chi connectivity index (χ1v) is 8.00. The summed E-state index contributed by atoms with van der Waals surface area (Å²) in [5.41, 5.74) is 0.381. The van der Waals surface area contributed by atoms with E-state index in [1.807, 2.05) is 4.57 Å². The third kappa shape index (κ3) is 3.25. The summed E-state index contributed by atoms with van der Waals surface area (Å²) in [7, 11) is 0. The number of carbonyl (C=O) groups excluding carboxylic acids is 1. The molecule has 23 heavy (non-hydrogen) atoms. The number of hydrogen-bond donors (Lipinski definition) is 0. The highest BCUT2D eigenvalue weighted by atomic mass is 19.1. The topological polar surface area (TPSA) is 51.0 Å². The number of aromatic nitrogens is 3. The summed E-state index contributed by atoms with van der Waals surface area (Å²) in [6.45, 7) is 5.75. The van der Waals surface area contributed by atoms with E-state index < -0.39 is 5.82 Å². The Morgan fingerprint density at radius 3 is 3.00 bits per heavy atom. The molecule has 1 aliphatic heterocycles. The lowest BCUT2D eigenvalue weighted by Gasteiger charge is -2.25. The standard InChI is InChI=1S/C17H21FN4O/c1-12(2)10-21-11-19-20-16(21)15-7-4-8-22(15)17(23)13-5-3-6-14(18)9-13/h3,5-6,9,11-12,15H,4,7-8,10H2,1-2H3. The molecule has 1 aromatic carbocycles. The van der Waals surface area contributed by atoms with Gasteiger partial charge in [-0.1, -0.05) is 19.9 Å². The quantitative estimate of drug-likeness (QED) is 0.871. The minimum absolute atomic E-state index is 0.0907. The Bertz CT molecular complexity index is 697. The van der Waals surface area contributed by atoms with Crippen molar-refractivity contribution in [3.63, 3.8) is 0 Å². The molecule has 6 heteroatoms. The molecule has 1 aliphatic rings. The van der Waals surface area contributed by atoms with E-state index in [1.54, 1.807) is 23.4 Å². The average molecular weight is 316 g/mol. The largest absolute Gasteiger partial charge is 0.328 e. The van der Waals surface area contributed by atoms with E-state index >= 15 is 0 Å². The SMILES string of the molecule is CC(C)Cn1cnnc1C1CCCN1C(=O)c1cccc(F)c1. The van der Waals surface area contributed by atoms with Crippen LogP contribution in [-0.2, 0) is 6.54 Å². The fraction of sp³-hybridized carbons (Fsp3) is 0.471. The van der Waals surface area contributed by atoms with Gasteiger partial charge in [0.15, 0.2) is 5.82 Å². The zero-order chi connectivity index (χ0) is 16.4. The van der Waals surface area contributed by atoms with Crippen molar-refractivity contribution in [2.45, 2.75) is 39.3 Å². The van der Waals surface area contributed by atoms with Crippen molar-refractivity contribution >= 4 is 5.91 Å². The molecule has 0 spiro atoms. The van der Waals surface area contributed by atoms with E-state index in [0.717, 1.165) is 25.2 Å². The smallest absolute Gasteiger partial charge is 0.254 e.